The van der Waals surface area contributed by atoms with Crippen molar-refractivity contribution in [3.63, 3.8) is 0 Å². The molecule has 6 nitrogen and oxygen atoms in total. The molecule has 0 heterocycles. The fourth-order valence-corrected chi connectivity index (χ4v) is 2.76. The molecule has 0 aliphatic heterocycles. The Morgan fingerprint density at radius 2 is 1.65 bits per heavy atom. The van der Waals surface area contributed by atoms with Gasteiger partial charge >= 0.3 is 0 Å². The van der Waals surface area contributed by atoms with E-state index < -0.39 is 0 Å². The number of nitrogens with one attached hydrogen (secondary N) is 2. The first kappa shape index (κ1) is 19.6. The number of ether oxygens (including phenoxy) is 3. The second-order valence-corrected chi connectivity index (χ2v) is 6.09. The number of para-hydroxylation sites is 3. The van der Waals surface area contributed by atoms with Crippen molar-refractivity contribution >= 4 is 11.6 Å². The van der Waals surface area contributed by atoms with E-state index in [4.69, 9.17) is 14.2 Å². The van der Waals surface area contributed by atoms with Crippen LogP contribution >= 0.6 is 0 Å². The van der Waals surface area contributed by atoms with Crippen LogP contribution in [-0.4, -0.2) is 40.3 Å². The van der Waals surface area contributed by atoms with Gasteiger partial charge in [0.25, 0.3) is 5.91 Å². The van der Waals surface area contributed by atoms with Gasteiger partial charge in [-0.2, -0.15) is 0 Å². The van der Waals surface area contributed by atoms with Gasteiger partial charge in [-0.15, -0.1) is 0 Å². The van der Waals surface area contributed by atoms with Crippen molar-refractivity contribution in [2.45, 2.75) is 19.5 Å². The molecule has 2 aromatic carbocycles. The van der Waals surface area contributed by atoms with Gasteiger partial charge in [0.05, 0.1) is 39.6 Å². The summed E-state index contributed by atoms with van der Waals surface area (Å²) in [6, 6.07) is 12.9. The lowest BCUT2D eigenvalue weighted by atomic mass is 10.1. The number of quaternary nitrogens is 1. The van der Waals surface area contributed by atoms with E-state index in [1.54, 1.807) is 21.3 Å². The molecule has 0 radical (unpaired) electrons. The van der Waals surface area contributed by atoms with Crippen LogP contribution in [0.2, 0.25) is 0 Å². The third-order valence-electron chi connectivity index (χ3n) is 4.45. The zero-order valence-corrected chi connectivity index (χ0v) is 16.0. The van der Waals surface area contributed by atoms with Crippen LogP contribution in [0, 0.1) is 0 Å². The molecule has 1 unspecified atom stereocenters. The predicted octanol–water partition coefficient (Wildman–Crippen LogP) is 1.75. The summed E-state index contributed by atoms with van der Waals surface area (Å²) in [6.07, 6.45) is 0. The molecule has 2 atom stereocenters. The molecule has 6 heteroatoms. The number of amides is 1. The van der Waals surface area contributed by atoms with E-state index in [1.165, 1.54) is 0 Å². The number of hydrogen-bond donors (Lipinski definition) is 2. The molecule has 2 aromatic rings. The number of benzene rings is 2. The standard InChI is InChI=1S/C20H26N2O4/c1-14(20(23)21-16-10-6-7-11-17(16)24-3)22(2)13-15-9-8-12-18(25-4)19(15)26-5/h6-12,14H,13H2,1-5H3,(H,21,23)/p+1/t14-/m0/s1. The Kier molecular flexibility index (Phi) is 6.86. The third kappa shape index (κ3) is 4.46. The number of carbonyl (C=O) groups excluding carboxylic acids is 1. The van der Waals surface area contributed by atoms with Gasteiger partial charge in [0.2, 0.25) is 0 Å². The van der Waals surface area contributed by atoms with Crippen LogP contribution in [-0.2, 0) is 11.3 Å². The molecule has 0 spiro atoms. The molecule has 0 aliphatic rings. The van der Waals surface area contributed by atoms with Crippen LogP contribution in [0.25, 0.3) is 0 Å². The number of rotatable bonds is 8. The molecule has 1 amide bonds. The lowest BCUT2D eigenvalue weighted by molar-refractivity contribution is -0.907. The molecular formula is C20H27N2O4+. The van der Waals surface area contributed by atoms with Gasteiger partial charge in [0.15, 0.2) is 17.5 Å². The largest absolute Gasteiger partial charge is 0.495 e. The van der Waals surface area contributed by atoms with Crippen molar-refractivity contribution in [1.29, 1.82) is 0 Å². The monoisotopic (exact) mass is 359 g/mol. The van der Waals surface area contributed by atoms with Gasteiger partial charge in [-0.25, -0.2) is 0 Å². The SMILES string of the molecule is COc1ccccc1NC(=O)[C@H](C)[NH+](C)Cc1cccc(OC)c1OC. The molecule has 0 bridgehead atoms. The van der Waals surface area contributed by atoms with Gasteiger partial charge in [-0.1, -0.05) is 18.2 Å². The van der Waals surface area contributed by atoms with Gasteiger partial charge in [-0.05, 0) is 31.2 Å². The molecule has 0 fully saturated rings. The van der Waals surface area contributed by atoms with E-state index in [0.717, 1.165) is 10.5 Å². The van der Waals surface area contributed by atoms with E-state index in [9.17, 15) is 4.79 Å². The molecule has 2 rings (SSSR count). The van der Waals surface area contributed by atoms with Crippen LogP contribution in [0.5, 0.6) is 17.2 Å². The first-order valence-electron chi connectivity index (χ1n) is 8.47. The average Bonchev–Trinajstić information content (AvgIpc) is 2.67. The summed E-state index contributed by atoms with van der Waals surface area (Å²) in [5, 5.41) is 2.94. The summed E-state index contributed by atoms with van der Waals surface area (Å²) in [4.78, 5) is 13.7. The summed E-state index contributed by atoms with van der Waals surface area (Å²) in [5.41, 5.74) is 1.65. The minimum absolute atomic E-state index is 0.0751. The van der Waals surface area contributed by atoms with Gasteiger partial charge in [-0.3, -0.25) is 4.79 Å². The van der Waals surface area contributed by atoms with Crippen LogP contribution in [0.15, 0.2) is 42.5 Å². The Balaban J connectivity index is 2.10. The van der Waals surface area contributed by atoms with Crippen LogP contribution in [0.4, 0.5) is 5.69 Å². The maximum atomic E-state index is 12.6. The second kappa shape index (κ2) is 9.10. The second-order valence-electron chi connectivity index (χ2n) is 6.09. The van der Waals surface area contributed by atoms with Crippen LogP contribution in [0.1, 0.15) is 12.5 Å². The molecule has 0 saturated heterocycles. The Morgan fingerprint density at radius 3 is 2.31 bits per heavy atom. The maximum Gasteiger partial charge on any atom is 0.282 e. The maximum absolute atomic E-state index is 12.6. The highest BCUT2D eigenvalue weighted by Crippen LogP contribution is 2.30. The van der Waals surface area contributed by atoms with Crippen molar-refractivity contribution in [3.8, 4) is 17.2 Å². The van der Waals surface area contributed by atoms with Gasteiger partial charge in [0, 0.05) is 0 Å². The Hall–Kier alpha value is -2.73. The average molecular weight is 359 g/mol. The first-order valence-corrected chi connectivity index (χ1v) is 8.47. The summed E-state index contributed by atoms with van der Waals surface area (Å²) in [7, 11) is 6.79. The number of methoxy groups -OCH3 is 3. The summed E-state index contributed by atoms with van der Waals surface area (Å²) < 4.78 is 16.1. The van der Waals surface area contributed by atoms with Gasteiger partial charge < -0.3 is 24.4 Å². The van der Waals surface area contributed by atoms with Crippen molar-refractivity contribution < 1.29 is 23.9 Å². The van der Waals surface area contributed by atoms with E-state index in [1.807, 2.05) is 56.4 Å². The quantitative estimate of drug-likeness (QED) is 0.754. The zero-order chi connectivity index (χ0) is 19.1. The normalized spacial score (nSPS) is 12.8. The lowest BCUT2D eigenvalue weighted by Crippen LogP contribution is -3.12. The third-order valence-corrected chi connectivity index (χ3v) is 4.45. The highest BCUT2D eigenvalue weighted by molar-refractivity contribution is 5.94. The summed E-state index contributed by atoms with van der Waals surface area (Å²) >= 11 is 0. The Bertz CT molecular complexity index is 748. The molecule has 2 N–H and O–H groups in total. The van der Waals surface area contributed by atoms with Crippen molar-refractivity contribution in [2.75, 3.05) is 33.7 Å². The minimum Gasteiger partial charge on any atom is -0.495 e. The van der Waals surface area contributed by atoms with Crippen LogP contribution < -0.4 is 24.4 Å². The first-order chi connectivity index (χ1) is 12.5. The molecule has 0 saturated carbocycles. The molecule has 140 valence electrons. The smallest absolute Gasteiger partial charge is 0.282 e. The molecular weight excluding hydrogens is 332 g/mol. The number of likely N-dealkylation sites (N-methyl/N-ethyl adjacent to an activating group) is 1. The highest BCUT2D eigenvalue weighted by Gasteiger charge is 2.24. The van der Waals surface area contributed by atoms with E-state index in [2.05, 4.69) is 5.32 Å². The fraction of sp³-hybridized carbons (Fsp3) is 0.350. The Labute approximate surface area is 154 Å². The van der Waals surface area contributed by atoms with Crippen molar-refractivity contribution in [2.24, 2.45) is 0 Å². The molecule has 26 heavy (non-hydrogen) atoms. The minimum atomic E-state index is -0.268. The Morgan fingerprint density at radius 1 is 1.00 bits per heavy atom. The van der Waals surface area contributed by atoms with E-state index >= 15 is 0 Å². The van der Waals surface area contributed by atoms with E-state index in [-0.39, 0.29) is 11.9 Å². The molecule has 0 aromatic heterocycles. The number of hydrogen-bond acceptors (Lipinski definition) is 4. The summed E-state index contributed by atoms with van der Waals surface area (Å²) in [5.74, 6) is 1.95. The van der Waals surface area contributed by atoms with Crippen LogP contribution in [0.3, 0.4) is 0 Å². The predicted molar refractivity (Wildman–Crippen MR) is 101 cm³/mol. The zero-order valence-electron chi connectivity index (χ0n) is 16.0. The topological polar surface area (TPSA) is 61.2 Å². The van der Waals surface area contributed by atoms with Gasteiger partial charge in [0.1, 0.15) is 12.3 Å². The van der Waals surface area contributed by atoms with Crippen molar-refractivity contribution in [1.82, 2.24) is 0 Å². The number of carbonyl (C=O) groups is 1. The lowest BCUT2D eigenvalue weighted by Gasteiger charge is -2.23. The van der Waals surface area contributed by atoms with E-state index in [0.29, 0.717) is 29.5 Å². The number of anilines is 1. The summed E-state index contributed by atoms with van der Waals surface area (Å²) in [6.45, 7) is 2.52. The fourth-order valence-electron chi connectivity index (χ4n) is 2.76. The van der Waals surface area contributed by atoms with Crippen molar-refractivity contribution in [3.05, 3.63) is 48.0 Å². The molecule has 0 aliphatic carbocycles. The highest BCUT2D eigenvalue weighted by atomic mass is 16.5.